The number of nitrogens with zero attached hydrogens (tertiary/aromatic N) is 2. The van der Waals surface area contributed by atoms with Crippen LogP contribution in [0.4, 0.5) is 4.39 Å². The van der Waals surface area contributed by atoms with Gasteiger partial charge in [-0.15, -0.1) is 0 Å². The molecule has 0 spiro atoms. The van der Waals surface area contributed by atoms with Gasteiger partial charge in [-0.1, -0.05) is 12.1 Å². The van der Waals surface area contributed by atoms with E-state index in [1.54, 1.807) is 23.1 Å². The molecule has 1 aliphatic rings. The number of halogens is 1. The predicted molar refractivity (Wildman–Crippen MR) is 96.7 cm³/mol. The highest BCUT2D eigenvalue weighted by molar-refractivity contribution is 5.92. The Bertz CT molecular complexity index is 821. The molecule has 1 aromatic heterocycles. The Labute approximate surface area is 156 Å². The van der Waals surface area contributed by atoms with E-state index in [2.05, 4.69) is 15.5 Å². The highest BCUT2D eigenvalue weighted by atomic mass is 19.1. The third-order valence-electron chi connectivity index (χ3n) is 4.46. The summed E-state index contributed by atoms with van der Waals surface area (Å²) in [5.41, 5.74) is 0.833. The number of carbonyl (C=O) groups excluding carboxylic acids is 2. The molecule has 0 aliphatic carbocycles. The molecule has 0 radical (unpaired) electrons. The number of para-hydroxylation sites is 1. The molecule has 0 saturated carbocycles. The Morgan fingerprint density at radius 2 is 2.19 bits per heavy atom. The first-order chi connectivity index (χ1) is 12.9. The van der Waals surface area contributed by atoms with Crippen molar-refractivity contribution in [1.29, 1.82) is 0 Å². The average Bonchev–Trinajstić information content (AvgIpc) is 3.27. The lowest BCUT2D eigenvalue weighted by molar-refractivity contribution is -0.119. The molecular formula is C19H23FN4O3. The lowest BCUT2D eigenvalue weighted by Gasteiger charge is -2.28. The van der Waals surface area contributed by atoms with E-state index < -0.39 is 5.82 Å². The Morgan fingerprint density at radius 3 is 2.85 bits per heavy atom. The van der Waals surface area contributed by atoms with Gasteiger partial charge in [0.15, 0.2) is 17.3 Å². The number of carbonyl (C=O) groups is 2. The highest BCUT2D eigenvalue weighted by Crippen LogP contribution is 2.18. The normalized spacial score (nSPS) is 16.4. The van der Waals surface area contributed by atoms with Crippen LogP contribution < -0.4 is 10.1 Å². The van der Waals surface area contributed by atoms with Crippen LogP contribution in [-0.2, 0) is 11.4 Å². The summed E-state index contributed by atoms with van der Waals surface area (Å²) >= 11 is 0. The van der Waals surface area contributed by atoms with Crippen LogP contribution in [0, 0.1) is 5.82 Å². The number of rotatable bonds is 7. The van der Waals surface area contributed by atoms with Gasteiger partial charge in [0.25, 0.3) is 5.91 Å². The Hall–Kier alpha value is -2.90. The quantitative estimate of drug-likeness (QED) is 0.778. The minimum absolute atomic E-state index is 0.0171. The Balaban J connectivity index is 1.63. The van der Waals surface area contributed by atoms with Gasteiger partial charge in [-0.05, 0) is 38.5 Å². The number of H-pyrrole nitrogens is 1. The average molecular weight is 374 g/mol. The number of hydrogen-bond acceptors (Lipinski definition) is 4. The van der Waals surface area contributed by atoms with Crippen LogP contribution in [0.2, 0.25) is 0 Å². The van der Waals surface area contributed by atoms with Gasteiger partial charge < -0.3 is 15.0 Å². The number of ether oxygens (including phenoxy) is 1. The molecule has 3 rings (SSSR count). The van der Waals surface area contributed by atoms with E-state index in [4.69, 9.17) is 4.74 Å². The second kappa shape index (κ2) is 8.20. The van der Waals surface area contributed by atoms with E-state index in [0.29, 0.717) is 18.7 Å². The van der Waals surface area contributed by atoms with Gasteiger partial charge in [-0.25, -0.2) is 4.39 Å². The molecular weight excluding hydrogens is 351 g/mol. The number of nitrogens with one attached hydrogen (secondary N) is 2. The Morgan fingerprint density at radius 1 is 1.41 bits per heavy atom. The van der Waals surface area contributed by atoms with Crippen molar-refractivity contribution in [1.82, 2.24) is 20.4 Å². The third-order valence-corrected chi connectivity index (χ3v) is 4.46. The fraction of sp³-hybridized carbons (Fsp3) is 0.421. The summed E-state index contributed by atoms with van der Waals surface area (Å²) in [7, 11) is 0. The van der Waals surface area contributed by atoms with Crippen molar-refractivity contribution in [2.45, 2.75) is 45.4 Å². The van der Waals surface area contributed by atoms with Crippen molar-refractivity contribution in [3.63, 3.8) is 0 Å². The van der Waals surface area contributed by atoms with Crippen LogP contribution in [0.3, 0.4) is 0 Å². The van der Waals surface area contributed by atoms with E-state index in [1.807, 2.05) is 13.8 Å². The molecule has 0 bridgehead atoms. The summed E-state index contributed by atoms with van der Waals surface area (Å²) in [6, 6.07) is 7.65. The van der Waals surface area contributed by atoms with Gasteiger partial charge in [0.1, 0.15) is 6.61 Å². The first kappa shape index (κ1) is 18.9. The molecule has 1 aromatic carbocycles. The molecule has 2 heterocycles. The van der Waals surface area contributed by atoms with Gasteiger partial charge in [0.05, 0.1) is 5.69 Å². The summed E-state index contributed by atoms with van der Waals surface area (Å²) in [6.07, 6.45) is 1.21. The third kappa shape index (κ3) is 4.64. The molecule has 2 aromatic rings. The van der Waals surface area contributed by atoms with Crippen LogP contribution in [0.1, 0.15) is 42.9 Å². The lowest BCUT2D eigenvalue weighted by Crippen LogP contribution is -2.45. The van der Waals surface area contributed by atoms with Crippen molar-refractivity contribution in [3.05, 3.63) is 47.5 Å². The van der Waals surface area contributed by atoms with Crippen molar-refractivity contribution >= 4 is 11.8 Å². The summed E-state index contributed by atoms with van der Waals surface area (Å²) in [5.74, 6) is -0.512. The molecule has 2 amide bonds. The number of amides is 2. The van der Waals surface area contributed by atoms with Crippen molar-refractivity contribution in [2.75, 3.05) is 6.54 Å². The minimum atomic E-state index is -0.446. The highest BCUT2D eigenvalue weighted by Gasteiger charge is 2.28. The van der Waals surface area contributed by atoms with Crippen LogP contribution >= 0.6 is 0 Å². The maximum atomic E-state index is 13.6. The van der Waals surface area contributed by atoms with Crippen LogP contribution in [-0.4, -0.2) is 45.5 Å². The smallest absolute Gasteiger partial charge is 0.274 e. The zero-order chi connectivity index (χ0) is 19.4. The number of hydrogen-bond donors (Lipinski definition) is 2. The van der Waals surface area contributed by atoms with Gasteiger partial charge in [-0.3, -0.25) is 14.7 Å². The molecule has 1 atom stereocenters. The zero-order valence-electron chi connectivity index (χ0n) is 15.4. The van der Waals surface area contributed by atoms with E-state index in [0.717, 1.165) is 6.42 Å². The molecule has 1 unspecified atom stereocenters. The summed E-state index contributed by atoms with van der Waals surface area (Å²) in [6.45, 7) is 4.35. The standard InChI is InChI=1S/C19H23FN4O3/c1-12(2)24(10-13-7-8-18(25)21-13)19(26)16-9-14(22-23-16)11-27-17-6-4-3-5-15(17)20/h3-6,9,12-13H,7-8,10-11H2,1-2H3,(H,21,25)(H,22,23). The van der Waals surface area contributed by atoms with Crippen LogP contribution in [0.5, 0.6) is 5.75 Å². The van der Waals surface area contributed by atoms with E-state index in [-0.39, 0.29) is 41.9 Å². The fourth-order valence-corrected chi connectivity index (χ4v) is 2.99. The topological polar surface area (TPSA) is 87.3 Å². The van der Waals surface area contributed by atoms with Gasteiger partial charge >= 0.3 is 0 Å². The number of benzene rings is 1. The first-order valence-electron chi connectivity index (χ1n) is 8.96. The van der Waals surface area contributed by atoms with Crippen molar-refractivity contribution < 1.29 is 18.7 Å². The summed E-state index contributed by atoms with van der Waals surface area (Å²) in [5, 5.41) is 9.70. The van der Waals surface area contributed by atoms with Crippen molar-refractivity contribution in [2.24, 2.45) is 0 Å². The second-order valence-electron chi connectivity index (χ2n) is 6.85. The van der Waals surface area contributed by atoms with E-state index >= 15 is 0 Å². The molecule has 1 fully saturated rings. The molecule has 8 heteroatoms. The zero-order valence-corrected chi connectivity index (χ0v) is 15.4. The Kier molecular flexibility index (Phi) is 5.73. The van der Waals surface area contributed by atoms with Gasteiger partial charge in [0, 0.05) is 25.0 Å². The lowest BCUT2D eigenvalue weighted by atomic mass is 10.1. The fourth-order valence-electron chi connectivity index (χ4n) is 2.99. The van der Waals surface area contributed by atoms with Gasteiger partial charge in [0.2, 0.25) is 5.91 Å². The maximum absolute atomic E-state index is 13.6. The predicted octanol–water partition coefficient (Wildman–Crippen LogP) is 2.26. The van der Waals surface area contributed by atoms with Crippen LogP contribution in [0.25, 0.3) is 0 Å². The van der Waals surface area contributed by atoms with Gasteiger partial charge in [-0.2, -0.15) is 5.10 Å². The van der Waals surface area contributed by atoms with E-state index in [9.17, 15) is 14.0 Å². The largest absolute Gasteiger partial charge is 0.484 e. The van der Waals surface area contributed by atoms with E-state index in [1.165, 1.54) is 12.1 Å². The summed E-state index contributed by atoms with van der Waals surface area (Å²) in [4.78, 5) is 25.9. The number of aromatic nitrogens is 2. The maximum Gasteiger partial charge on any atom is 0.274 e. The molecule has 144 valence electrons. The SMILES string of the molecule is CC(C)N(CC1CCC(=O)N1)C(=O)c1cc(COc2ccccc2F)[nH]n1. The molecule has 27 heavy (non-hydrogen) atoms. The minimum Gasteiger partial charge on any atom is -0.484 e. The molecule has 2 N–H and O–H groups in total. The first-order valence-corrected chi connectivity index (χ1v) is 8.96. The molecule has 1 aliphatic heterocycles. The summed E-state index contributed by atoms with van der Waals surface area (Å²) < 4.78 is 19.0. The van der Waals surface area contributed by atoms with Crippen molar-refractivity contribution in [3.8, 4) is 5.75 Å². The van der Waals surface area contributed by atoms with Crippen LogP contribution in [0.15, 0.2) is 30.3 Å². The molecule has 1 saturated heterocycles. The monoisotopic (exact) mass is 374 g/mol. The molecule has 7 nitrogen and oxygen atoms in total. The second-order valence-corrected chi connectivity index (χ2v) is 6.85. The number of aromatic amines is 1.